The molecule has 108 valence electrons. The maximum Gasteiger partial charge on any atom is 0.221 e. The SMILES string of the molecule is Cc1ccc(C2(C)CC(=O)NC2c2ccccc2)cc1C. The number of hydrogen-bond donors (Lipinski definition) is 1. The third-order valence-electron chi connectivity index (χ3n) is 4.77. The zero-order valence-electron chi connectivity index (χ0n) is 12.8. The third-order valence-corrected chi connectivity index (χ3v) is 4.77. The zero-order chi connectivity index (χ0) is 15.0. The molecule has 2 heteroatoms. The van der Waals surface area contributed by atoms with Crippen molar-refractivity contribution in [1.29, 1.82) is 0 Å². The van der Waals surface area contributed by atoms with Crippen LogP contribution in [-0.4, -0.2) is 5.91 Å². The highest BCUT2D eigenvalue weighted by molar-refractivity contribution is 5.82. The van der Waals surface area contributed by atoms with E-state index >= 15 is 0 Å². The lowest BCUT2D eigenvalue weighted by molar-refractivity contribution is -0.119. The molecule has 1 saturated heterocycles. The van der Waals surface area contributed by atoms with E-state index in [0.29, 0.717) is 6.42 Å². The van der Waals surface area contributed by atoms with Crippen LogP contribution in [0.25, 0.3) is 0 Å². The van der Waals surface area contributed by atoms with E-state index in [4.69, 9.17) is 0 Å². The zero-order valence-corrected chi connectivity index (χ0v) is 12.8. The smallest absolute Gasteiger partial charge is 0.221 e. The minimum atomic E-state index is -0.198. The van der Waals surface area contributed by atoms with Crippen molar-refractivity contribution in [2.24, 2.45) is 0 Å². The van der Waals surface area contributed by atoms with E-state index in [1.165, 1.54) is 22.3 Å². The third kappa shape index (κ3) is 2.35. The largest absolute Gasteiger partial charge is 0.348 e. The predicted octanol–water partition coefficient (Wildman–Crippen LogP) is 3.82. The molecular formula is C19H21NO. The van der Waals surface area contributed by atoms with Gasteiger partial charge in [0.2, 0.25) is 5.91 Å². The Hall–Kier alpha value is -2.09. The number of hydrogen-bond acceptors (Lipinski definition) is 1. The number of amides is 1. The molecule has 1 aliphatic heterocycles. The quantitative estimate of drug-likeness (QED) is 0.889. The van der Waals surface area contributed by atoms with Gasteiger partial charge >= 0.3 is 0 Å². The first-order valence-corrected chi connectivity index (χ1v) is 7.43. The maximum absolute atomic E-state index is 12.1. The average Bonchev–Trinajstić information content (AvgIpc) is 2.79. The standard InChI is InChI=1S/C19H21NO/c1-13-9-10-16(11-14(13)2)19(3)12-17(21)20-18(19)15-7-5-4-6-8-15/h4-11,18H,12H2,1-3H3,(H,20,21). The van der Waals surface area contributed by atoms with Crippen molar-refractivity contribution in [3.05, 3.63) is 70.8 Å². The van der Waals surface area contributed by atoms with Crippen molar-refractivity contribution < 1.29 is 4.79 Å². The molecule has 1 N–H and O–H groups in total. The van der Waals surface area contributed by atoms with Crippen molar-refractivity contribution in [3.8, 4) is 0 Å². The summed E-state index contributed by atoms with van der Waals surface area (Å²) in [5, 5.41) is 3.15. The Kier molecular flexibility index (Phi) is 3.32. The van der Waals surface area contributed by atoms with Crippen molar-refractivity contribution in [2.45, 2.75) is 38.6 Å². The maximum atomic E-state index is 12.1. The molecule has 1 heterocycles. The lowest BCUT2D eigenvalue weighted by Gasteiger charge is -2.31. The van der Waals surface area contributed by atoms with Crippen LogP contribution in [0.5, 0.6) is 0 Å². The molecule has 0 spiro atoms. The van der Waals surface area contributed by atoms with Crippen LogP contribution < -0.4 is 5.32 Å². The van der Waals surface area contributed by atoms with Gasteiger partial charge in [-0.3, -0.25) is 4.79 Å². The molecule has 2 nitrogen and oxygen atoms in total. The number of nitrogens with one attached hydrogen (secondary N) is 1. The van der Waals surface area contributed by atoms with E-state index in [0.717, 1.165) is 0 Å². The van der Waals surface area contributed by atoms with Crippen molar-refractivity contribution >= 4 is 5.91 Å². The van der Waals surface area contributed by atoms with Gasteiger partial charge in [-0.2, -0.15) is 0 Å². The molecule has 2 atom stereocenters. The molecule has 1 aliphatic rings. The number of carbonyl (C=O) groups is 1. The van der Waals surface area contributed by atoms with Gasteiger partial charge in [0.15, 0.2) is 0 Å². The molecule has 0 saturated carbocycles. The van der Waals surface area contributed by atoms with Crippen molar-refractivity contribution in [3.63, 3.8) is 0 Å². The summed E-state index contributed by atoms with van der Waals surface area (Å²) in [6.45, 7) is 6.44. The van der Waals surface area contributed by atoms with Gasteiger partial charge in [0.1, 0.15) is 0 Å². The summed E-state index contributed by atoms with van der Waals surface area (Å²) in [4.78, 5) is 12.1. The van der Waals surface area contributed by atoms with Crippen LogP contribution in [0.15, 0.2) is 48.5 Å². The Morgan fingerprint density at radius 2 is 1.76 bits per heavy atom. The lowest BCUT2D eigenvalue weighted by Crippen LogP contribution is -2.30. The molecule has 2 aromatic carbocycles. The molecule has 0 aliphatic carbocycles. The van der Waals surface area contributed by atoms with Gasteiger partial charge in [-0.25, -0.2) is 0 Å². The molecule has 0 aromatic heterocycles. The highest BCUT2D eigenvalue weighted by atomic mass is 16.2. The molecule has 0 bridgehead atoms. The van der Waals surface area contributed by atoms with Crippen molar-refractivity contribution in [2.75, 3.05) is 0 Å². The topological polar surface area (TPSA) is 29.1 Å². The van der Waals surface area contributed by atoms with Crippen molar-refractivity contribution in [1.82, 2.24) is 5.32 Å². The Bertz CT molecular complexity index is 677. The van der Waals surface area contributed by atoms with Crippen LogP contribution in [0.4, 0.5) is 0 Å². The fourth-order valence-electron chi connectivity index (χ4n) is 3.27. The van der Waals surface area contributed by atoms with Crippen LogP contribution in [0.1, 0.15) is 41.6 Å². The first-order valence-electron chi connectivity index (χ1n) is 7.43. The number of rotatable bonds is 2. The van der Waals surface area contributed by atoms with Gasteiger partial charge in [-0.15, -0.1) is 0 Å². The predicted molar refractivity (Wildman–Crippen MR) is 85.2 cm³/mol. The molecular weight excluding hydrogens is 258 g/mol. The molecule has 21 heavy (non-hydrogen) atoms. The summed E-state index contributed by atoms with van der Waals surface area (Å²) >= 11 is 0. The van der Waals surface area contributed by atoms with E-state index in [2.05, 4.69) is 56.4 Å². The highest BCUT2D eigenvalue weighted by Gasteiger charge is 2.45. The second kappa shape index (κ2) is 5.03. The first-order chi connectivity index (χ1) is 10.0. The minimum Gasteiger partial charge on any atom is -0.348 e. The fourth-order valence-corrected chi connectivity index (χ4v) is 3.27. The summed E-state index contributed by atoms with van der Waals surface area (Å²) < 4.78 is 0. The van der Waals surface area contributed by atoms with Crippen LogP contribution in [0.3, 0.4) is 0 Å². The van der Waals surface area contributed by atoms with Gasteiger partial charge in [0.25, 0.3) is 0 Å². The van der Waals surface area contributed by atoms with E-state index in [-0.39, 0.29) is 17.4 Å². The molecule has 3 rings (SSSR count). The van der Waals surface area contributed by atoms with Crippen LogP contribution in [-0.2, 0) is 10.2 Å². The fraction of sp³-hybridized carbons (Fsp3) is 0.316. The van der Waals surface area contributed by atoms with E-state index in [1.807, 2.05) is 18.2 Å². The second-order valence-electron chi connectivity index (χ2n) is 6.30. The number of benzene rings is 2. The molecule has 2 aromatic rings. The summed E-state index contributed by atoms with van der Waals surface area (Å²) in [5.41, 5.74) is 4.77. The Morgan fingerprint density at radius 1 is 1.05 bits per heavy atom. The highest BCUT2D eigenvalue weighted by Crippen LogP contribution is 2.44. The Morgan fingerprint density at radius 3 is 2.43 bits per heavy atom. The van der Waals surface area contributed by atoms with E-state index < -0.39 is 0 Å². The first kappa shape index (κ1) is 13.9. The van der Waals surface area contributed by atoms with Crippen LogP contribution in [0.2, 0.25) is 0 Å². The lowest BCUT2D eigenvalue weighted by atomic mass is 9.73. The van der Waals surface area contributed by atoms with Gasteiger partial charge in [-0.05, 0) is 36.1 Å². The normalized spacial score (nSPS) is 24.9. The van der Waals surface area contributed by atoms with E-state index in [1.54, 1.807) is 0 Å². The summed E-state index contributed by atoms with van der Waals surface area (Å²) in [6, 6.07) is 16.8. The van der Waals surface area contributed by atoms with Crippen LogP contribution >= 0.6 is 0 Å². The average molecular weight is 279 g/mol. The van der Waals surface area contributed by atoms with E-state index in [9.17, 15) is 4.79 Å². The summed E-state index contributed by atoms with van der Waals surface area (Å²) in [5.74, 6) is 0.129. The molecule has 1 fully saturated rings. The number of carbonyl (C=O) groups excluding carboxylic acids is 1. The summed E-state index contributed by atoms with van der Waals surface area (Å²) in [6.07, 6.45) is 0.537. The Balaban J connectivity index is 2.08. The van der Waals surface area contributed by atoms with Crippen LogP contribution in [0, 0.1) is 13.8 Å². The monoisotopic (exact) mass is 279 g/mol. The minimum absolute atomic E-state index is 0.0355. The summed E-state index contributed by atoms with van der Waals surface area (Å²) in [7, 11) is 0. The second-order valence-corrected chi connectivity index (χ2v) is 6.30. The van der Waals surface area contributed by atoms with Gasteiger partial charge in [0.05, 0.1) is 6.04 Å². The number of aryl methyl sites for hydroxylation is 2. The molecule has 1 amide bonds. The van der Waals surface area contributed by atoms with Gasteiger partial charge in [0, 0.05) is 11.8 Å². The Labute approximate surface area is 126 Å². The molecule has 0 radical (unpaired) electrons. The van der Waals surface area contributed by atoms with Gasteiger partial charge in [-0.1, -0.05) is 55.5 Å². The molecule has 2 unspecified atom stereocenters. The van der Waals surface area contributed by atoms with Gasteiger partial charge < -0.3 is 5.32 Å².